The van der Waals surface area contributed by atoms with Gasteiger partial charge in [0.2, 0.25) is 5.91 Å². The molecule has 0 aliphatic carbocycles. The Morgan fingerprint density at radius 2 is 2.00 bits per heavy atom. The van der Waals surface area contributed by atoms with Crippen LogP contribution in [-0.4, -0.2) is 30.3 Å². The maximum absolute atomic E-state index is 13.0. The Labute approximate surface area is 157 Å². The summed E-state index contributed by atoms with van der Waals surface area (Å²) in [5.41, 5.74) is 2.53. The molecule has 26 heavy (non-hydrogen) atoms. The second-order valence-electron chi connectivity index (χ2n) is 6.28. The number of benzene rings is 2. The minimum absolute atomic E-state index is 0.0102. The van der Waals surface area contributed by atoms with Crippen LogP contribution in [0.3, 0.4) is 0 Å². The van der Waals surface area contributed by atoms with Crippen LogP contribution in [0.1, 0.15) is 34.3 Å². The number of nitriles is 1. The molecule has 0 bridgehead atoms. The standard InChI is InChI=1S/C20H18ClN3O2/c1-23(13-15-6-4-14(12-22)5-7-15)20(26)17-9-8-16(21)11-18(17)24-10-2-3-19(24)25/h4-9,11H,2-3,10,13H2,1H3. The third-order valence-corrected chi connectivity index (χ3v) is 4.64. The van der Waals surface area contributed by atoms with E-state index >= 15 is 0 Å². The molecule has 1 fully saturated rings. The van der Waals surface area contributed by atoms with Gasteiger partial charge in [-0.1, -0.05) is 23.7 Å². The summed E-state index contributed by atoms with van der Waals surface area (Å²) in [7, 11) is 1.71. The smallest absolute Gasteiger partial charge is 0.256 e. The monoisotopic (exact) mass is 367 g/mol. The van der Waals surface area contributed by atoms with Gasteiger partial charge >= 0.3 is 0 Å². The number of carbonyl (C=O) groups excluding carboxylic acids is 2. The summed E-state index contributed by atoms with van der Waals surface area (Å²) in [4.78, 5) is 28.3. The summed E-state index contributed by atoms with van der Waals surface area (Å²) >= 11 is 6.10. The van der Waals surface area contributed by atoms with E-state index < -0.39 is 0 Å². The zero-order chi connectivity index (χ0) is 18.7. The summed E-state index contributed by atoms with van der Waals surface area (Å²) in [5.74, 6) is -0.170. The van der Waals surface area contributed by atoms with Gasteiger partial charge in [-0.25, -0.2) is 0 Å². The molecule has 0 radical (unpaired) electrons. The average molecular weight is 368 g/mol. The van der Waals surface area contributed by atoms with E-state index in [0.717, 1.165) is 12.0 Å². The normalized spacial score (nSPS) is 13.6. The molecular formula is C20H18ClN3O2. The van der Waals surface area contributed by atoms with Crippen molar-refractivity contribution in [3.8, 4) is 6.07 Å². The molecule has 0 aromatic heterocycles. The Morgan fingerprint density at radius 3 is 2.62 bits per heavy atom. The first-order chi connectivity index (χ1) is 12.5. The molecule has 5 nitrogen and oxygen atoms in total. The lowest BCUT2D eigenvalue weighted by atomic mass is 10.1. The van der Waals surface area contributed by atoms with Gasteiger partial charge in [0.25, 0.3) is 5.91 Å². The summed E-state index contributed by atoms with van der Waals surface area (Å²) in [6, 6.07) is 14.2. The predicted octanol–water partition coefficient (Wildman–Crippen LogP) is 3.61. The molecule has 1 saturated heterocycles. The molecule has 1 aliphatic rings. The van der Waals surface area contributed by atoms with E-state index in [1.165, 1.54) is 0 Å². The van der Waals surface area contributed by atoms with Gasteiger partial charge in [0, 0.05) is 31.6 Å². The molecule has 3 rings (SSSR count). The maximum atomic E-state index is 13.0. The highest BCUT2D eigenvalue weighted by Gasteiger charge is 2.27. The second kappa shape index (κ2) is 7.59. The van der Waals surface area contributed by atoms with Gasteiger partial charge in [-0.3, -0.25) is 9.59 Å². The number of hydrogen-bond acceptors (Lipinski definition) is 3. The van der Waals surface area contributed by atoms with Crippen LogP contribution in [0, 0.1) is 11.3 Å². The summed E-state index contributed by atoms with van der Waals surface area (Å²) in [6.45, 7) is 0.999. The Balaban J connectivity index is 1.84. The highest BCUT2D eigenvalue weighted by atomic mass is 35.5. The summed E-state index contributed by atoms with van der Waals surface area (Å²) in [6.07, 6.45) is 1.27. The lowest BCUT2D eigenvalue weighted by molar-refractivity contribution is -0.117. The zero-order valence-electron chi connectivity index (χ0n) is 14.4. The first-order valence-corrected chi connectivity index (χ1v) is 8.72. The lowest BCUT2D eigenvalue weighted by Crippen LogP contribution is -2.30. The lowest BCUT2D eigenvalue weighted by Gasteiger charge is -2.23. The Morgan fingerprint density at radius 1 is 1.27 bits per heavy atom. The van der Waals surface area contributed by atoms with Crippen molar-refractivity contribution in [2.45, 2.75) is 19.4 Å². The van der Waals surface area contributed by atoms with Crippen LogP contribution in [0.4, 0.5) is 5.69 Å². The van der Waals surface area contributed by atoms with Crippen molar-refractivity contribution in [1.82, 2.24) is 4.90 Å². The van der Waals surface area contributed by atoms with Crippen LogP contribution in [0.15, 0.2) is 42.5 Å². The molecule has 6 heteroatoms. The van der Waals surface area contributed by atoms with E-state index in [1.807, 2.05) is 12.1 Å². The van der Waals surface area contributed by atoms with E-state index in [1.54, 1.807) is 47.2 Å². The predicted molar refractivity (Wildman–Crippen MR) is 100.0 cm³/mol. The molecule has 1 heterocycles. The van der Waals surface area contributed by atoms with Crippen molar-refractivity contribution in [2.75, 3.05) is 18.5 Å². The van der Waals surface area contributed by atoms with E-state index in [9.17, 15) is 9.59 Å². The zero-order valence-corrected chi connectivity index (χ0v) is 15.2. The summed E-state index contributed by atoms with van der Waals surface area (Å²) < 4.78 is 0. The fourth-order valence-corrected chi connectivity index (χ4v) is 3.21. The third kappa shape index (κ3) is 3.71. The Bertz CT molecular complexity index is 887. The molecule has 2 aromatic carbocycles. The minimum Gasteiger partial charge on any atom is -0.337 e. The topological polar surface area (TPSA) is 64.4 Å². The number of hydrogen-bond donors (Lipinski definition) is 0. The van der Waals surface area contributed by atoms with Crippen LogP contribution < -0.4 is 4.90 Å². The SMILES string of the molecule is CN(Cc1ccc(C#N)cc1)C(=O)c1ccc(Cl)cc1N1CCCC1=O. The van der Waals surface area contributed by atoms with Gasteiger partial charge in [-0.2, -0.15) is 5.26 Å². The van der Waals surface area contributed by atoms with E-state index in [4.69, 9.17) is 16.9 Å². The first kappa shape index (κ1) is 18.0. The van der Waals surface area contributed by atoms with Crippen LogP contribution in [0.25, 0.3) is 0 Å². The van der Waals surface area contributed by atoms with Gasteiger partial charge < -0.3 is 9.80 Å². The van der Waals surface area contributed by atoms with Crippen LogP contribution in [0.2, 0.25) is 5.02 Å². The molecule has 0 unspecified atom stereocenters. The molecule has 0 saturated carbocycles. The molecule has 0 spiro atoms. The highest BCUT2D eigenvalue weighted by Crippen LogP contribution is 2.29. The van der Waals surface area contributed by atoms with Crippen molar-refractivity contribution in [1.29, 1.82) is 5.26 Å². The fraction of sp³-hybridized carbons (Fsp3) is 0.250. The largest absolute Gasteiger partial charge is 0.337 e. The van der Waals surface area contributed by atoms with Crippen molar-refractivity contribution in [2.24, 2.45) is 0 Å². The van der Waals surface area contributed by atoms with Gasteiger partial charge in [-0.15, -0.1) is 0 Å². The van der Waals surface area contributed by atoms with Gasteiger partial charge in [0.1, 0.15) is 0 Å². The fourth-order valence-electron chi connectivity index (χ4n) is 3.05. The average Bonchev–Trinajstić information content (AvgIpc) is 3.07. The Kier molecular flexibility index (Phi) is 5.24. The van der Waals surface area contributed by atoms with Crippen molar-refractivity contribution < 1.29 is 9.59 Å². The van der Waals surface area contributed by atoms with E-state index in [2.05, 4.69) is 6.07 Å². The Hall–Kier alpha value is -2.84. The minimum atomic E-state index is -0.180. The maximum Gasteiger partial charge on any atom is 0.256 e. The number of anilines is 1. The first-order valence-electron chi connectivity index (χ1n) is 8.34. The molecule has 0 atom stereocenters. The van der Waals surface area contributed by atoms with Crippen LogP contribution in [0.5, 0.6) is 0 Å². The van der Waals surface area contributed by atoms with Crippen LogP contribution >= 0.6 is 11.6 Å². The molecule has 0 N–H and O–H groups in total. The second-order valence-corrected chi connectivity index (χ2v) is 6.72. The number of rotatable bonds is 4. The van der Waals surface area contributed by atoms with E-state index in [0.29, 0.717) is 41.3 Å². The number of nitrogens with zero attached hydrogens (tertiary/aromatic N) is 3. The molecule has 2 aromatic rings. The number of carbonyl (C=O) groups is 2. The molecular weight excluding hydrogens is 350 g/mol. The molecule has 1 aliphatic heterocycles. The van der Waals surface area contributed by atoms with Gasteiger partial charge in [0.15, 0.2) is 0 Å². The third-order valence-electron chi connectivity index (χ3n) is 4.40. The van der Waals surface area contributed by atoms with Gasteiger partial charge in [-0.05, 0) is 42.3 Å². The van der Waals surface area contributed by atoms with Crippen molar-refractivity contribution >= 4 is 29.1 Å². The summed E-state index contributed by atoms with van der Waals surface area (Å²) in [5, 5.41) is 9.36. The number of amides is 2. The van der Waals surface area contributed by atoms with Gasteiger partial charge in [0.05, 0.1) is 22.9 Å². The molecule has 132 valence electrons. The quantitative estimate of drug-likeness (QED) is 0.829. The van der Waals surface area contributed by atoms with Crippen LogP contribution in [-0.2, 0) is 11.3 Å². The van der Waals surface area contributed by atoms with E-state index in [-0.39, 0.29) is 11.8 Å². The molecule has 2 amide bonds. The van der Waals surface area contributed by atoms with Crippen molar-refractivity contribution in [3.05, 3.63) is 64.2 Å². The number of halogens is 1. The van der Waals surface area contributed by atoms with Crippen molar-refractivity contribution in [3.63, 3.8) is 0 Å². The highest BCUT2D eigenvalue weighted by molar-refractivity contribution is 6.31.